The molecule has 1 saturated carbocycles. The smallest absolute Gasteiger partial charge is 0.231 e. The van der Waals surface area contributed by atoms with E-state index in [0.717, 1.165) is 51.5 Å². The van der Waals surface area contributed by atoms with Gasteiger partial charge in [0.15, 0.2) is 11.5 Å². The Morgan fingerprint density at radius 3 is 2.23 bits per heavy atom. The molecule has 1 aliphatic carbocycles. The predicted molar refractivity (Wildman–Crippen MR) is 120 cm³/mol. The lowest BCUT2D eigenvalue weighted by Gasteiger charge is -2.15. The molecule has 1 heterocycles. The quantitative estimate of drug-likeness (QED) is 0.608. The first kappa shape index (κ1) is 20.0. The van der Waals surface area contributed by atoms with E-state index < -0.39 is 16.4 Å². The highest BCUT2D eigenvalue weighted by atomic mass is 32.2. The number of ether oxygens (including phenoxy) is 2. The average Bonchev–Trinajstić information content (AvgIpc) is 3.50. The van der Waals surface area contributed by atoms with Crippen molar-refractivity contribution >= 4 is 16.8 Å². The average molecular weight is 434 g/mol. The third-order valence-electron chi connectivity index (χ3n) is 6.11. The van der Waals surface area contributed by atoms with Gasteiger partial charge < -0.3 is 9.47 Å². The summed E-state index contributed by atoms with van der Waals surface area (Å²) in [4.78, 5) is 13.9. The fraction of sp³-hybridized carbons (Fsp3) is 0.240. The van der Waals surface area contributed by atoms with Gasteiger partial charge >= 0.3 is 0 Å². The van der Waals surface area contributed by atoms with Gasteiger partial charge in [-0.2, -0.15) is 0 Å². The molecule has 1 fully saturated rings. The van der Waals surface area contributed by atoms with Gasteiger partial charge in [0.1, 0.15) is 16.8 Å². The van der Waals surface area contributed by atoms with Crippen molar-refractivity contribution in [2.75, 3.05) is 13.8 Å². The van der Waals surface area contributed by atoms with Crippen molar-refractivity contribution < 1.29 is 18.5 Å². The normalized spacial score (nSPS) is 16.7. The molecule has 31 heavy (non-hydrogen) atoms. The summed E-state index contributed by atoms with van der Waals surface area (Å²) in [5.74, 6) is 1.72. The lowest BCUT2D eigenvalue weighted by atomic mass is 9.87. The summed E-state index contributed by atoms with van der Waals surface area (Å²) in [5.41, 5.74) is 3.76. The van der Waals surface area contributed by atoms with Crippen LogP contribution < -0.4 is 14.2 Å². The maximum Gasteiger partial charge on any atom is 0.231 e. The van der Waals surface area contributed by atoms with Gasteiger partial charge in [-0.15, -0.1) is 0 Å². The van der Waals surface area contributed by atoms with Crippen LogP contribution in [0.4, 0.5) is 0 Å². The van der Waals surface area contributed by atoms with Crippen LogP contribution in [0.5, 0.6) is 11.5 Å². The number of hydrogen-bond donors (Lipinski definition) is 1. The van der Waals surface area contributed by atoms with Crippen LogP contribution in [0.1, 0.15) is 24.0 Å². The van der Waals surface area contributed by atoms with Gasteiger partial charge in [0.25, 0.3) is 0 Å². The number of nitrogens with one attached hydrogen (secondary N) is 1. The number of benzene rings is 3. The molecule has 3 aromatic carbocycles. The summed E-state index contributed by atoms with van der Waals surface area (Å²) in [7, 11) is 0.483. The minimum absolute atomic E-state index is 0.238. The molecule has 158 valence electrons. The maximum atomic E-state index is 13.2. The molecule has 6 heteroatoms. The Morgan fingerprint density at radius 2 is 1.58 bits per heavy atom. The second-order valence-electron chi connectivity index (χ2n) is 7.94. The second-order valence-corrected chi connectivity index (χ2v) is 9.36. The highest BCUT2D eigenvalue weighted by Gasteiger charge is 2.50. The number of Topliss-reactive ketones (excluding diaryl/α,β-unsaturated/α-hetero) is 1. The Morgan fingerprint density at radius 1 is 0.935 bits per heavy atom. The zero-order chi connectivity index (χ0) is 21.4. The summed E-state index contributed by atoms with van der Waals surface area (Å²) < 4.78 is 25.4. The number of carbonyl (C=O) groups is 1. The van der Waals surface area contributed by atoms with Gasteiger partial charge in [0.2, 0.25) is 6.79 Å². The first-order chi connectivity index (χ1) is 15.1. The van der Waals surface area contributed by atoms with E-state index in [0.29, 0.717) is 6.42 Å². The van der Waals surface area contributed by atoms with Crippen LogP contribution in [0.25, 0.3) is 11.1 Å². The van der Waals surface area contributed by atoms with Crippen LogP contribution in [0.2, 0.25) is 0 Å². The molecule has 2 aliphatic rings. The van der Waals surface area contributed by atoms with Crippen LogP contribution in [-0.2, 0) is 27.6 Å². The van der Waals surface area contributed by atoms with Gasteiger partial charge in [0.05, 0.1) is 10.3 Å². The fourth-order valence-electron chi connectivity index (χ4n) is 4.11. The van der Waals surface area contributed by atoms with E-state index in [1.54, 1.807) is 7.05 Å². The number of rotatable bonds is 7. The van der Waals surface area contributed by atoms with Crippen LogP contribution in [0.15, 0.2) is 71.6 Å². The molecule has 3 aromatic rings. The summed E-state index contributed by atoms with van der Waals surface area (Å²) in [5, 5.41) is 0. The summed E-state index contributed by atoms with van der Waals surface area (Å²) >= 11 is 0. The number of carbonyl (C=O) groups excluding carboxylic acids is 1. The Balaban J connectivity index is 1.29. The summed E-state index contributed by atoms with van der Waals surface area (Å²) in [6, 6.07) is 21.6. The zero-order valence-electron chi connectivity index (χ0n) is 17.2. The molecule has 0 aromatic heterocycles. The number of ketones is 1. The molecule has 1 aliphatic heterocycles. The van der Waals surface area contributed by atoms with Gasteiger partial charge in [-0.05, 0) is 66.4 Å². The Kier molecular flexibility index (Phi) is 5.12. The van der Waals surface area contributed by atoms with Crippen molar-refractivity contribution in [2.45, 2.75) is 29.6 Å². The third kappa shape index (κ3) is 3.77. The highest BCUT2D eigenvalue weighted by Crippen LogP contribution is 2.51. The minimum Gasteiger partial charge on any atom is -0.454 e. The van der Waals surface area contributed by atoms with Crippen LogP contribution in [0, 0.1) is 0 Å². The van der Waals surface area contributed by atoms with Gasteiger partial charge in [0, 0.05) is 6.42 Å². The Labute approximate surface area is 184 Å². The van der Waals surface area contributed by atoms with E-state index in [1.807, 2.05) is 66.7 Å². The molecule has 0 amide bonds. The van der Waals surface area contributed by atoms with Crippen LogP contribution in [-0.4, -0.2) is 23.8 Å². The van der Waals surface area contributed by atoms with Crippen molar-refractivity contribution in [3.05, 3.63) is 77.9 Å². The topological polar surface area (TPSA) is 64.6 Å². The molecule has 0 radical (unpaired) electrons. The first-order valence-corrected chi connectivity index (χ1v) is 11.5. The lowest BCUT2D eigenvalue weighted by Crippen LogP contribution is -2.22. The standard InChI is InChI=1S/C25H23NO4S/c1-26-31(28)21-9-6-19(7-10-21)18-4-2-17(3-5-18)14-24(27)25(12-13-25)20-8-11-22-23(15-20)30-16-29-22/h2-11,15,26H,12-14,16H2,1H3. The molecular weight excluding hydrogens is 410 g/mol. The largest absolute Gasteiger partial charge is 0.454 e. The van der Waals surface area contributed by atoms with Gasteiger partial charge in [-0.1, -0.05) is 42.5 Å². The van der Waals surface area contributed by atoms with Crippen molar-refractivity contribution in [1.82, 2.24) is 4.72 Å². The zero-order valence-corrected chi connectivity index (χ0v) is 18.0. The molecule has 0 spiro atoms. The molecule has 1 N–H and O–H groups in total. The van der Waals surface area contributed by atoms with Gasteiger partial charge in [-0.25, -0.2) is 8.93 Å². The molecule has 1 unspecified atom stereocenters. The van der Waals surface area contributed by atoms with Gasteiger partial charge in [-0.3, -0.25) is 4.79 Å². The van der Waals surface area contributed by atoms with E-state index in [-0.39, 0.29) is 12.6 Å². The molecule has 5 nitrogen and oxygen atoms in total. The fourth-order valence-corrected chi connectivity index (χ4v) is 4.73. The minimum atomic E-state index is -1.19. The molecule has 5 rings (SSSR count). The summed E-state index contributed by atoms with van der Waals surface area (Å²) in [6.45, 7) is 0.238. The number of fused-ring (bicyclic) bond motifs is 1. The van der Waals surface area contributed by atoms with Crippen molar-refractivity contribution in [2.24, 2.45) is 0 Å². The van der Waals surface area contributed by atoms with E-state index in [1.165, 1.54) is 0 Å². The predicted octanol–water partition coefficient (Wildman–Crippen LogP) is 4.17. The molecular formula is C25H23NO4S. The van der Waals surface area contributed by atoms with Crippen LogP contribution in [0.3, 0.4) is 0 Å². The summed E-state index contributed by atoms with van der Waals surface area (Å²) in [6.07, 6.45) is 2.17. The Bertz CT molecular complexity index is 1150. The lowest BCUT2D eigenvalue weighted by molar-refractivity contribution is -0.120. The highest BCUT2D eigenvalue weighted by molar-refractivity contribution is 7.83. The first-order valence-electron chi connectivity index (χ1n) is 10.3. The number of hydrogen-bond acceptors (Lipinski definition) is 4. The van der Waals surface area contributed by atoms with Crippen molar-refractivity contribution in [1.29, 1.82) is 0 Å². The van der Waals surface area contributed by atoms with E-state index in [4.69, 9.17) is 9.47 Å². The molecule has 0 saturated heterocycles. The molecule has 0 bridgehead atoms. The monoisotopic (exact) mass is 433 g/mol. The van der Waals surface area contributed by atoms with Crippen molar-refractivity contribution in [3.63, 3.8) is 0 Å². The molecule has 1 atom stereocenters. The van der Waals surface area contributed by atoms with E-state index in [2.05, 4.69) is 4.72 Å². The Hall–Kier alpha value is -2.96. The second kappa shape index (κ2) is 7.94. The van der Waals surface area contributed by atoms with E-state index >= 15 is 0 Å². The maximum absolute atomic E-state index is 13.2. The van der Waals surface area contributed by atoms with Crippen LogP contribution >= 0.6 is 0 Å². The third-order valence-corrected chi connectivity index (χ3v) is 7.19. The van der Waals surface area contributed by atoms with E-state index in [9.17, 15) is 9.00 Å². The SMILES string of the molecule is CNS(=O)c1ccc(-c2ccc(CC(=O)C3(c4ccc5c(c4)OCO5)CC3)cc2)cc1. The van der Waals surface area contributed by atoms with Crippen molar-refractivity contribution in [3.8, 4) is 22.6 Å².